The smallest absolute Gasteiger partial charge is 0.224 e. The van der Waals surface area contributed by atoms with Gasteiger partial charge < -0.3 is 9.73 Å². The van der Waals surface area contributed by atoms with Gasteiger partial charge in [0.2, 0.25) is 5.91 Å². The number of fused-ring (bicyclic) bond motifs is 1. The van der Waals surface area contributed by atoms with Crippen LogP contribution < -0.4 is 5.32 Å². The Morgan fingerprint density at radius 2 is 2.35 bits per heavy atom. The molecule has 17 heavy (non-hydrogen) atoms. The minimum absolute atomic E-state index is 0.0624. The fourth-order valence-corrected chi connectivity index (χ4v) is 1.78. The van der Waals surface area contributed by atoms with E-state index < -0.39 is 0 Å². The summed E-state index contributed by atoms with van der Waals surface area (Å²) in [6.07, 6.45) is 3.51. The fraction of sp³-hybridized carbons (Fsp3) is 0.154. The van der Waals surface area contributed by atoms with E-state index in [1.54, 1.807) is 30.5 Å². The van der Waals surface area contributed by atoms with Gasteiger partial charge in [-0.05, 0) is 18.2 Å². The van der Waals surface area contributed by atoms with Crippen LogP contribution in [-0.2, 0) is 11.2 Å². The molecule has 88 valence electrons. The van der Waals surface area contributed by atoms with Crippen LogP contribution in [0.4, 0.5) is 0 Å². The molecule has 1 amide bonds. The van der Waals surface area contributed by atoms with E-state index in [1.807, 2.05) is 0 Å². The van der Waals surface area contributed by atoms with Crippen LogP contribution in [0.3, 0.4) is 0 Å². The van der Waals surface area contributed by atoms with Crippen LogP contribution >= 0.6 is 11.6 Å². The van der Waals surface area contributed by atoms with E-state index in [-0.39, 0.29) is 12.3 Å². The Kier molecular flexibility index (Phi) is 3.49. The topological polar surface area (TPSA) is 42.2 Å². The zero-order valence-electron chi connectivity index (χ0n) is 9.20. The minimum atomic E-state index is -0.0624. The third kappa shape index (κ3) is 2.68. The van der Waals surface area contributed by atoms with Crippen molar-refractivity contribution in [3.63, 3.8) is 0 Å². The third-order valence-corrected chi connectivity index (χ3v) is 2.65. The lowest BCUT2D eigenvalue weighted by molar-refractivity contribution is -0.120. The van der Waals surface area contributed by atoms with E-state index >= 15 is 0 Å². The van der Waals surface area contributed by atoms with Gasteiger partial charge >= 0.3 is 0 Å². The molecule has 0 radical (unpaired) electrons. The predicted octanol–water partition coefficient (Wildman–Crippen LogP) is 2.93. The fourth-order valence-electron chi connectivity index (χ4n) is 1.61. The summed E-state index contributed by atoms with van der Waals surface area (Å²) in [4.78, 5) is 11.6. The molecule has 0 aliphatic carbocycles. The third-order valence-electron chi connectivity index (χ3n) is 2.41. The largest absolute Gasteiger partial charge is 0.464 e. The molecule has 2 aromatic rings. The number of halogens is 1. The van der Waals surface area contributed by atoms with Gasteiger partial charge in [0.05, 0.1) is 12.7 Å². The molecule has 0 spiro atoms. The van der Waals surface area contributed by atoms with Gasteiger partial charge in [0.25, 0.3) is 0 Å². The number of hydrogen-bond donors (Lipinski definition) is 1. The summed E-state index contributed by atoms with van der Waals surface area (Å²) in [7, 11) is 0. The number of hydrogen-bond acceptors (Lipinski definition) is 2. The van der Waals surface area contributed by atoms with Crippen LogP contribution in [0.25, 0.3) is 11.0 Å². The molecule has 2 rings (SSSR count). The number of amides is 1. The second kappa shape index (κ2) is 5.06. The molecule has 1 N–H and O–H groups in total. The van der Waals surface area contributed by atoms with Gasteiger partial charge in [0, 0.05) is 22.5 Å². The number of carbonyl (C=O) groups is 1. The maximum atomic E-state index is 11.6. The van der Waals surface area contributed by atoms with Gasteiger partial charge in [0.15, 0.2) is 0 Å². The molecule has 3 nitrogen and oxygen atoms in total. The Labute approximate surface area is 104 Å². The van der Waals surface area contributed by atoms with Crippen molar-refractivity contribution in [3.05, 3.63) is 47.7 Å². The van der Waals surface area contributed by atoms with Crippen molar-refractivity contribution >= 4 is 28.5 Å². The maximum absolute atomic E-state index is 11.6. The van der Waals surface area contributed by atoms with Crippen molar-refractivity contribution in [2.24, 2.45) is 0 Å². The number of carbonyl (C=O) groups excluding carboxylic acids is 1. The molecule has 1 heterocycles. The quantitative estimate of drug-likeness (QED) is 0.847. The van der Waals surface area contributed by atoms with E-state index in [1.165, 1.54) is 0 Å². The van der Waals surface area contributed by atoms with Crippen molar-refractivity contribution < 1.29 is 9.21 Å². The highest BCUT2D eigenvalue weighted by atomic mass is 35.5. The first-order valence-electron chi connectivity index (χ1n) is 5.24. The lowest BCUT2D eigenvalue weighted by Crippen LogP contribution is -2.24. The predicted molar refractivity (Wildman–Crippen MR) is 68.1 cm³/mol. The molecule has 0 bridgehead atoms. The van der Waals surface area contributed by atoms with Crippen LogP contribution in [0.15, 0.2) is 41.5 Å². The Hall–Kier alpha value is -1.74. The Bertz CT molecular complexity index is 560. The average molecular weight is 250 g/mol. The van der Waals surface area contributed by atoms with Gasteiger partial charge in [-0.2, -0.15) is 0 Å². The van der Waals surface area contributed by atoms with Crippen LogP contribution in [0.2, 0.25) is 5.02 Å². The lowest BCUT2D eigenvalue weighted by atomic mass is 10.1. The van der Waals surface area contributed by atoms with E-state index in [9.17, 15) is 4.79 Å². The van der Waals surface area contributed by atoms with E-state index in [0.717, 1.165) is 16.5 Å². The molecule has 1 aromatic heterocycles. The standard InChI is InChI=1S/C13H12ClNO2/c1-2-5-15-13(16)6-9-8-17-12-4-3-10(14)7-11(9)12/h2-4,7-8H,1,5-6H2,(H,15,16). The first kappa shape index (κ1) is 11.7. The second-order valence-corrected chi connectivity index (χ2v) is 4.11. The van der Waals surface area contributed by atoms with Gasteiger partial charge in [-0.1, -0.05) is 17.7 Å². The summed E-state index contributed by atoms with van der Waals surface area (Å²) in [5, 5.41) is 4.23. The SMILES string of the molecule is C=CCNC(=O)Cc1coc2ccc(Cl)cc12. The zero-order valence-corrected chi connectivity index (χ0v) is 9.96. The van der Waals surface area contributed by atoms with Gasteiger partial charge in [-0.15, -0.1) is 6.58 Å². The molecule has 0 aliphatic rings. The summed E-state index contributed by atoms with van der Waals surface area (Å²) in [5.74, 6) is -0.0624. The van der Waals surface area contributed by atoms with Crippen molar-refractivity contribution in [1.82, 2.24) is 5.32 Å². The van der Waals surface area contributed by atoms with Crippen molar-refractivity contribution in [2.75, 3.05) is 6.54 Å². The second-order valence-electron chi connectivity index (χ2n) is 3.67. The average Bonchev–Trinajstić information content (AvgIpc) is 2.69. The van der Waals surface area contributed by atoms with E-state index in [0.29, 0.717) is 11.6 Å². The summed E-state index contributed by atoms with van der Waals surface area (Å²) >= 11 is 5.91. The highest BCUT2D eigenvalue weighted by Crippen LogP contribution is 2.24. The molecular weight excluding hydrogens is 238 g/mol. The van der Waals surface area contributed by atoms with Crippen molar-refractivity contribution in [2.45, 2.75) is 6.42 Å². The number of benzene rings is 1. The minimum Gasteiger partial charge on any atom is -0.464 e. The van der Waals surface area contributed by atoms with E-state index in [4.69, 9.17) is 16.0 Å². The first-order chi connectivity index (χ1) is 8.20. The van der Waals surface area contributed by atoms with Crippen molar-refractivity contribution in [3.8, 4) is 0 Å². The monoisotopic (exact) mass is 249 g/mol. The molecule has 0 unspecified atom stereocenters. The highest BCUT2D eigenvalue weighted by Gasteiger charge is 2.10. The number of furan rings is 1. The lowest BCUT2D eigenvalue weighted by Gasteiger charge is -2.00. The number of nitrogens with one attached hydrogen (secondary N) is 1. The van der Waals surface area contributed by atoms with Crippen LogP contribution in [-0.4, -0.2) is 12.5 Å². The zero-order chi connectivity index (χ0) is 12.3. The molecule has 0 saturated heterocycles. The van der Waals surface area contributed by atoms with Crippen LogP contribution in [0.1, 0.15) is 5.56 Å². The molecule has 0 aliphatic heterocycles. The van der Waals surface area contributed by atoms with E-state index in [2.05, 4.69) is 11.9 Å². The van der Waals surface area contributed by atoms with Crippen molar-refractivity contribution in [1.29, 1.82) is 0 Å². The van der Waals surface area contributed by atoms with Crippen LogP contribution in [0, 0.1) is 0 Å². The Morgan fingerprint density at radius 3 is 3.12 bits per heavy atom. The maximum Gasteiger partial charge on any atom is 0.224 e. The summed E-state index contributed by atoms with van der Waals surface area (Å²) in [5.41, 5.74) is 1.57. The highest BCUT2D eigenvalue weighted by molar-refractivity contribution is 6.31. The van der Waals surface area contributed by atoms with Crippen LogP contribution in [0.5, 0.6) is 0 Å². The van der Waals surface area contributed by atoms with Gasteiger partial charge in [0.1, 0.15) is 5.58 Å². The molecular formula is C13H12ClNO2. The summed E-state index contributed by atoms with van der Waals surface area (Å²) in [6, 6.07) is 5.36. The normalized spacial score (nSPS) is 10.4. The molecule has 0 saturated carbocycles. The Morgan fingerprint density at radius 1 is 1.53 bits per heavy atom. The van der Waals surface area contributed by atoms with Gasteiger partial charge in [-0.3, -0.25) is 4.79 Å². The summed E-state index contributed by atoms with van der Waals surface area (Å²) < 4.78 is 5.35. The Balaban J connectivity index is 2.21. The molecule has 0 fully saturated rings. The molecule has 4 heteroatoms. The molecule has 0 atom stereocenters. The van der Waals surface area contributed by atoms with Gasteiger partial charge in [-0.25, -0.2) is 0 Å². The first-order valence-corrected chi connectivity index (χ1v) is 5.61. The number of rotatable bonds is 4. The molecule has 1 aromatic carbocycles. The summed E-state index contributed by atoms with van der Waals surface area (Å²) in [6.45, 7) is 4.01.